The van der Waals surface area contributed by atoms with Crippen molar-refractivity contribution >= 4 is 28.5 Å². The van der Waals surface area contributed by atoms with Crippen LogP contribution < -0.4 is 15.4 Å². The van der Waals surface area contributed by atoms with Crippen LogP contribution in [0.5, 0.6) is 5.75 Å². The van der Waals surface area contributed by atoms with Gasteiger partial charge in [0, 0.05) is 24.7 Å². The Morgan fingerprint density at radius 3 is 2.90 bits per heavy atom. The third-order valence-corrected chi connectivity index (χ3v) is 5.49. The van der Waals surface area contributed by atoms with Gasteiger partial charge in [0.1, 0.15) is 17.2 Å². The van der Waals surface area contributed by atoms with Crippen LogP contribution in [0.15, 0.2) is 18.3 Å². The summed E-state index contributed by atoms with van der Waals surface area (Å²) >= 11 is 0. The summed E-state index contributed by atoms with van der Waals surface area (Å²) in [5.74, 6) is 1.53. The van der Waals surface area contributed by atoms with Gasteiger partial charge in [-0.3, -0.25) is 0 Å². The molecule has 1 aromatic carbocycles. The first-order valence-corrected chi connectivity index (χ1v) is 9.62. The molecule has 151 valence electrons. The van der Waals surface area contributed by atoms with E-state index in [-0.39, 0.29) is 22.8 Å². The molecule has 0 unspecified atom stereocenters. The van der Waals surface area contributed by atoms with Crippen LogP contribution in [-0.4, -0.2) is 28.1 Å². The fraction of sp³-hybridized carbons (Fsp3) is 0.400. The molecule has 2 aromatic heterocycles. The lowest BCUT2D eigenvalue weighted by Crippen LogP contribution is -2.22. The summed E-state index contributed by atoms with van der Waals surface area (Å²) in [6, 6.07) is 6.70. The zero-order valence-corrected chi connectivity index (χ0v) is 15.5. The first-order chi connectivity index (χ1) is 14.0. The van der Waals surface area contributed by atoms with Gasteiger partial charge in [0.2, 0.25) is 5.95 Å². The maximum atomic E-state index is 13.5. The number of alkyl halides is 3. The van der Waals surface area contributed by atoms with Gasteiger partial charge < -0.3 is 20.4 Å². The number of benzene rings is 1. The molecule has 0 atom stereocenters. The number of nitrogens with one attached hydrogen (secondary N) is 3. The second-order valence-electron chi connectivity index (χ2n) is 7.42. The molecular weight excluding hydrogens is 383 g/mol. The molecule has 1 radical (unpaired) electrons. The van der Waals surface area contributed by atoms with Crippen molar-refractivity contribution in [2.24, 2.45) is 5.92 Å². The molecule has 3 heterocycles. The van der Waals surface area contributed by atoms with E-state index in [1.807, 2.05) is 0 Å². The molecule has 6 nitrogen and oxygen atoms in total. The van der Waals surface area contributed by atoms with E-state index < -0.39 is 11.7 Å². The third-order valence-electron chi connectivity index (χ3n) is 5.49. The van der Waals surface area contributed by atoms with E-state index >= 15 is 0 Å². The number of aromatic amines is 1. The van der Waals surface area contributed by atoms with Gasteiger partial charge in [-0.2, -0.15) is 23.1 Å². The zero-order chi connectivity index (χ0) is 20.0. The van der Waals surface area contributed by atoms with Gasteiger partial charge in [0.05, 0.1) is 23.2 Å². The van der Waals surface area contributed by atoms with E-state index in [1.54, 1.807) is 12.1 Å². The highest BCUT2D eigenvalue weighted by Gasteiger charge is 2.36. The predicted octanol–water partition coefficient (Wildman–Crippen LogP) is 4.67. The number of nitrogens with zero attached hydrogens (tertiary/aromatic N) is 2. The quantitative estimate of drug-likeness (QED) is 0.578. The largest absolute Gasteiger partial charge is 0.491 e. The minimum Gasteiger partial charge on any atom is -0.491 e. The fourth-order valence-electron chi connectivity index (χ4n) is 3.73. The molecule has 1 aliphatic heterocycles. The highest BCUT2D eigenvalue weighted by molar-refractivity contribution is 5.92. The smallest absolute Gasteiger partial charge is 0.418 e. The lowest BCUT2D eigenvalue weighted by molar-refractivity contribution is -0.136. The molecule has 0 spiro atoms. The molecule has 1 fully saturated rings. The topological polar surface area (TPSA) is 74.9 Å². The van der Waals surface area contributed by atoms with Crippen LogP contribution in [0, 0.1) is 12.0 Å². The molecule has 2 aliphatic rings. The van der Waals surface area contributed by atoms with Crippen molar-refractivity contribution in [1.29, 1.82) is 0 Å². The van der Waals surface area contributed by atoms with Crippen LogP contribution in [0.4, 0.5) is 30.6 Å². The molecular formula is C20H19F3N5O. The van der Waals surface area contributed by atoms with Crippen LogP contribution in [-0.2, 0) is 12.6 Å². The van der Waals surface area contributed by atoms with Gasteiger partial charge in [-0.15, -0.1) is 0 Å². The number of anilines is 3. The predicted molar refractivity (Wildman–Crippen MR) is 102 cm³/mol. The van der Waals surface area contributed by atoms with E-state index in [0.717, 1.165) is 37.4 Å². The van der Waals surface area contributed by atoms with Gasteiger partial charge >= 0.3 is 6.18 Å². The summed E-state index contributed by atoms with van der Waals surface area (Å²) in [4.78, 5) is 11.3. The minimum atomic E-state index is -4.49. The Kier molecular flexibility index (Phi) is 4.25. The molecule has 9 heteroatoms. The van der Waals surface area contributed by atoms with Crippen molar-refractivity contribution in [3.8, 4) is 5.75 Å². The van der Waals surface area contributed by atoms with Crippen LogP contribution in [0.2, 0.25) is 0 Å². The van der Waals surface area contributed by atoms with Crippen LogP contribution >= 0.6 is 0 Å². The van der Waals surface area contributed by atoms with Crippen LogP contribution in [0.1, 0.15) is 30.4 Å². The maximum Gasteiger partial charge on any atom is 0.418 e. The van der Waals surface area contributed by atoms with Gasteiger partial charge in [0.25, 0.3) is 0 Å². The average Bonchev–Trinajstić information content (AvgIpc) is 3.27. The zero-order valence-electron chi connectivity index (χ0n) is 15.5. The second kappa shape index (κ2) is 6.82. The molecule has 3 aromatic rings. The van der Waals surface area contributed by atoms with E-state index in [9.17, 15) is 13.2 Å². The van der Waals surface area contributed by atoms with E-state index in [4.69, 9.17) is 4.74 Å². The molecule has 3 N–H and O–H groups in total. The number of halogens is 3. The summed E-state index contributed by atoms with van der Waals surface area (Å²) in [5.41, 5.74) is 0.987. The van der Waals surface area contributed by atoms with Crippen molar-refractivity contribution in [2.75, 3.05) is 23.8 Å². The van der Waals surface area contributed by atoms with E-state index in [1.165, 1.54) is 0 Å². The summed E-state index contributed by atoms with van der Waals surface area (Å²) in [6.45, 7) is 1.16. The standard InChI is InChI=1S/C20H19F3N5O/c21-20(22,23)13-10-25-18-15(13)17(24-9-11-3-1-4-11)27-19(28-18)26-14-6-2-5-12-7-8-29-16(12)14/h2,6,10-11H,1,3-4,7-9H2,(H3,24,25,26,27,28). The van der Waals surface area contributed by atoms with Crippen molar-refractivity contribution in [3.63, 3.8) is 0 Å². The lowest BCUT2D eigenvalue weighted by atomic mass is 9.85. The Hall–Kier alpha value is -2.97. The molecule has 0 amide bonds. The molecule has 0 bridgehead atoms. The average molecular weight is 402 g/mol. The molecule has 5 rings (SSSR count). The Morgan fingerprint density at radius 2 is 2.14 bits per heavy atom. The SMILES string of the molecule is FC(F)(F)c1c[nH]c2nc(Nc3cc[c]c4c3OCC4)nc(NCC3CCC3)c12. The van der Waals surface area contributed by atoms with Gasteiger partial charge in [0.15, 0.2) is 0 Å². The number of rotatable bonds is 5. The van der Waals surface area contributed by atoms with E-state index in [2.05, 4.69) is 31.7 Å². The first-order valence-electron chi connectivity index (χ1n) is 9.62. The summed E-state index contributed by atoms with van der Waals surface area (Å²) < 4.78 is 46.0. The number of hydrogen-bond donors (Lipinski definition) is 3. The number of hydrogen-bond acceptors (Lipinski definition) is 5. The Morgan fingerprint density at radius 1 is 1.28 bits per heavy atom. The van der Waals surface area contributed by atoms with Crippen molar-refractivity contribution in [3.05, 3.63) is 35.5 Å². The summed E-state index contributed by atoms with van der Waals surface area (Å²) in [7, 11) is 0. The Balaban J connectivity index is 1.53. The van der Waals surface area contributed by atoms with Gasteiger partial charge in [-0.25, -0.2) is 0 Å². The van der Waals surface area contributed by atoms with Gasteiger partial charge in [-0.05, 0) is 30.9 Å². The first kappa shape index (κ1) is 18.1. The highest BCUT2D eigenvalue weighted by atomic mass is 19.4. The normalized spacial score (nSPS) is 16.4. The number of fused-ring (bicyclic) bond motifs is 2. The van der Waals surface area contributed by atoms with Gasteiger partial charge in [-0.1, -0.05) is 12.5 Å². The van der Waals surface area contributed by atoms with Crippen molar-refractivity contribution in [1.82, 2.24) is 15.0 Å². The number of aromatic nitrogens is 3. The maximum absolute atomic E-state index is 13.5. The molecule has 1 saturated carbocycles. The molecule has 29 heavy (non-hydrogen) atoms. The highest BCUT2D eigenvalue weighted by Crippen LogP contribution is 2.39. The van der Waals surface area contributed by atoms with Crippen molar-refractivity contribution in [2.45, 2.75) is 31.9 Å². The summed E-state index contributed by atoms with van der Waals surface area (Å²) in [6.07, 6.45) is 0.533. The number of ether oxygens (including phenoxy) is 1. The Labute approximate surface area is 164 Å². The number of H-pyrrole nitrogens is 1. The molecule has 1 aliphatic carbocycles. The third kappa shape index (κ3) is 3.34. The van der Waals surface area contributed by atoms with Crippen LogP contribution in [0.3, 0.4) is 0 Å². The fourth-order valence-corrected chi connectivity index (χ4v) is 3.73. The minimum absolute atomic E-state index is 0.0368. The monoisotopic (exact) mass is 402 g/mol. The lowest BCUT2D eigenvalue weighted by Gasteiger charge is -2.26. The molecule has 0 saturated heterocycles. The second-order valence-corrected chi connectivity index (χ2v) is 7.42. The van der Waals surface area contributed by atoms with E-state index in [0.29, 0.717) is 30.5 Å². The summed E-state index contributed by atoms with van der Waals surface area (Å²) in [5, 5.41) is 6.17. The Bertz CT molecular complexity index is 1060. The van der Waals surface area contributed by atoms with Crippen LogP contribution in [0.25, 0.3) is 11.0 Å². The van der Waals surface area contributed by atoms with Crippen molar-refractivity contribution < 1.29 is 17.9 Å².